The summed E-state index contributed by atoms with van der Waals surface area (Å²) in [5.74, 6) is -0.417. The predicted molar refractivity (Wildman–Crippen MR) is 185 cm³/mol. The Morgan fingerprint density at radius 1 is 1.20 bits per heavy atom. The molecule has 3 fully saturated rings. The first kappa shape index (κ1) is 31.9. The fourth-order valence-corrected chi connectivity index (χ4v) is 8.47. The van der Waals surface area contributed by atoms with Gasteiger partial charge < -0.3 is 26.4 Å². The summed E-state index contributed by atoms with van der Waals surface area (Å²) in [5, 5.41) is 13.8. The topological polar surface area (TPSA) is 139 Å². The molecular formula is C35H32ClF3N8OS. The Balaban J connectivity index is 1.17. The highest BCUT2D eigenvalue weighted by atomic mass is 35.5. The first-order valence-electron chi connectivity index (χ1n) is 16.1. The van der Waals surface area contributed by atoms with Gasteiger partial charge in [0.15, 0.2) is 5.82 Å². The molecule has 1 saturated heterocycles. The van der Waals surface area contributed by atoms with Gasteiger partial charge >= 0.3 is 6.01 Å². The van der Waals surface area contributed by atoms with Crippen LogP contribution in [0.1, 0.15) is 36.8 Å². The number of thiophene rings is 1. The molecule has 5 N–H and O–H groups in total. The maximum absolute atomic E-state index is 16.9. The molecule has 2 aliphatic carbocycles. The standard InChI is InChI=1S/C35H32ClF3N8OS/c1-16(17-3-2-8-43-31(17)41)11-44-33-19-9-23(36)26(18-4-5-24(37)30-25(18)20(10-40)32(42)49-30)28(39)29(19)45-34(46-33)48-15-35(6-7-35)14-47-12-21-22(13-47)27(21)38/h2-5,8-9,16,21-22,27H,6-7,11-15,42H2,1H3,(H2,41,43)(H,44,45,46)/t16-,21-,22-/m0/s1. The number of anilines is 3. The number of nitrogens with two attached hydrogens (primary N) is 2. The van der Waals surface area contributed by atoms with Crippen LogP contribution in [0.5, 0.6) is 6.01 Å². The van der Waals surface area contributed by atoms with Gasteiger partial charge in [0.25, 0.3) is 0 Å². The number of nitriles is 1. The third-order valence-electron chi connectivity index (χ3n) is 10.2. The van der Waals surface area contributed by atoms with E-state index < -0.39 is 17.8 Å². The summed E-state index contributed by atoms with van der Waals surface area (Å²) < 4.78 is 51.9. The molecule has 252 valence electrons. The van der Waals surface area contributed by atoms with Gasteiger partial charge in [0.2, 0.25) is 0 Å². The summed E-state index contributed by atoms with van der Waals surface area (Å²) in [6, 6.07) is 9.87. The monoisotopic (exact) mass is 704 g/mol. The Morgan fingerprint density at radius 3 is 2.69 bits per heavy atom. The highest BCUT2D eigenvalue weighted by Crippen LogP contribution is 2.52. The first-order chi connectivity index (χ1) is 23.6. The Kier molecular flexibility index (Phi) is 7.73. The maximum atomic E-state index is 16.9. The summed E-state index contributed by atoms with van der Waals surface area (Å²) in [6.45, 7) is 5.01. The molecule has 2 aromatic carbocycles. The van der Waals surface area contributed by atoms with Gasteiger partial charge in [-0.2, -0.15) is 15.2 Å². The second-order valence-corrected chi connectivity index (χ2v) is 15.0. The van der Waals surface area contributed by atoms with Crippen LogP contribution < -0.4 is 21.5 Å². The Morgan fingerprint density at radius 2 is 1.98 bits per heavy atom. The minimum Gasteiger partial charge on any atom is -0.463 e. The Bertz CT molecular complexity index is 2170. The lowest BCUT2D eigenvalue weighted by atomic mass is 9.97. The minimum absolute atomic E-state index is 0.0168. The van der Waals surface area contributed by atoms with E-state index in [0.29, 0.717) is 30.2 Å². The summed E-state index contributed by atoms with van der Waals surface area (Å²) in [6.07, 6.45) is 2.87. The van der Waals surface area contributed by atoms with Crippen LogP contribution in [0, 0.1) is 40.2 Å². The van der Waals surface area contributed by atoms with Crippen LogP contribution in [0.4, 0.5) is 29.8 Å². The van der Waals surface area contributed by atoms with Gasteiger partial charge in [0.05, 0.1) is 21.9 Å². The van der Waals surface area contributed by atoms with Gasteiger partial charge in [-0.1, -0.05) is 30.7 Å². The smallest absolute Gasteiger partial charge is 0.319 e. The number of hydrogen-bond donors (Lipinski definition) is 3. The van der Waals surface area contributed by atoms with Crippen molar-refractivity contribution >= 4 is 60.6 Å². The third-order valence-corrected chi connectivity index (χ3v) is 11.6. The number of nitrogens with one attached hydrogen (secondary N) is 1. The van der Waals surface area contributed by atoms with Gasteiger partial charge in [-0.25, -0.2) is 18.2 Å². The average molecular weight is 705 g/mol. The summed E-state index contributed by atoms with van der Waals surface area (Å²) in [5.41, 5.74) is 13.1. The number of ether oxygens (including phenoxy) is 1. The highest BCUT2D eigenvalue weighted by molar-refractivity contribution is 7.23. The number of fused-ring (bicyclic) bond motifs is 3. The van der Waals surface area contributed by atoms with Crippen LogP contribution in [0.3, 0.4) is 0 Å². The molecule has 0 spiro atoms. The number of halogens is 4. The molecule has 3 atom stereocenters. The molecule has 0 radical (unpaired) electrons. The van der Waals surface area contributed by atoms with Gasteiger partial charge in [0, 0.05) is 71.9 Å². The lowest BCUT2D eigenvalue weighted by molar-refractivity contribution is 0.155. The number of hydrogen-bond acceptors (Lipinski definition) is 10. The van der Waals surface area contributed by atoms with Crippen molar-refractivity contribution in [2.45, 2.75) is 31.9 Å². The van der Waals surface area contributed by atoms with Crippen molar-refractivity contribution in [1.29, 1.82) is 5.26 Å². The Labute approximate surface area is 289 Å². The van der Waals surface area contributed by atoms with Gasteiger partial charge in [-0.05, 0) is 42.2 Å². The van der Waals surface area contributed by atoms with Gasteiger partial charge in [0.1, 0.15) is 40.2 Å². The van der Waals surface area contributed by atoms with E-state index >= 15 is 4.39 Å². The largest absolute Gasteiger partial charge is 0.463 e. The first-order valence-corrected chi connectivity index (χ1v) is 17.3. The molecule has 3 aromatic heterocycles. The lowest BCUT2D eigenvalue weighted by Gasteiger charge is -2.24. The number of benzene rings is 2. The molecule has 3 aliphatic rings. The Hall–Kier alpha value is -4.38. The molecule has 0 unspecified atom stereocenters. The highest BCUT2D eigenvalue weighted by Gasteiger charge is 2.58. The minimum atomic E-state index is -0.776. The van der Waals surface area contributed by atoms with Crippen molar-refractivity contribution in [3.8, 4) is 23.2 Å². The van der Waals surface area contributed by atoms with E-state index in [-0.39, 0.29) is 71.5 Å². The summed E-state index contributed by atoms with van der Waals surface area (Å²) in [7, 11) is 0. The number of nitrogen functional groups attached to an aromatic ring is 2. The fraction of sp³-hybridized carbons (Fsp3) is 0.371. The molecule has 0 amide bonds. The molecule has 49 heavy (non-hydrogen) atoms. The number of aromatic nitrogens is 3. The summed E-state index contributed by atoms with van der Waals surface area (Å²) in [4.78, 5) is 15.7. The SMILES string of the molecule is C[C@@H](CNc1nc(OCC2(CN3C[C@@H]4C(F)[C@H]4C3)CC2)nc2c(F)c(-c3ccc(F)c4sc(N)c(C#N)c34)c(Cl)cc12)c1cccnc1N. The van der Waals surface area contributed by atoms with E-state index in [1.165, 1.54) is 12.1 Å². The van der Waals surface area contributed by atoms with Crippen LogP contribution in [0.25, 0.3) is 32.1 Å². The quantitative estimate of drug-likeness (QED) is 0.138. The zero-order valence-electron chi connectivity index (χ0n) is 26.4. The zero-order valence-corrected chi connectivity index (χ0v) is 28.0. The molecule has 9 nitrogen and oxygen atoms in total. The van der Waals surface area contributed by atoms with Crippen molar-refractivity contribution in [2.75, 3.05) is 49.6 Å². The molecule has 8 rings (SSSR count). The van der Waals surface area contributed by atoms with Crippen LogP contribution in [-0.2, 0) is 0 Å². The molecule has 14 heteroatoms. The molecule has 5 aromatic rings. The predicted octanol–water partition coefficient (Wildman–Crippen LogP) is 7.15. The molecule has 4 heterocycles. The van der Waals surface area contributed by atoms with Crippen molar-refractivity contribution in [3.63, 3.8) is 0 Å². The second kappa shape index (κ2) is 11.9. The van der Waals surface area contributed by atoms with Crippen molar-refractivity contribution in [3.05, 3.63) is 64.3 Å². The van der Waals surface area contributed by atoms with E-state index in [1.807, 2.05) is 25.1 Å². The number of rotatable bonds is 10. The van der Waals surface area contributed by atoms with Crippen LogP contribution in [0.15, 0.2) is 36.5 Å². The zero-order chi connectivity index (χ0) is 34.2. The maximum Gasteiger partial charge on any atom is 0.319 e. The number of piperidine rings is 1. The third kappa shape index (κ3) is 5.56. The number of alkyl halides is 1. The van der Waals surface area contributed by atoms with Gasteiger partial charge in [-0.15, -0.1) is 11.3 Å². The van der Waals surface area contributed by atoms with Crippen LogP contribution in [0.2, 0.25) is 5.02 Å². The number of likely N-dealkylation sites (tertiary alicyclic amines) is 1. The van der Waals surface area contributed by atoms with E-state index in [4.69, 9.17) is 27.8 Å². The summed E-state index contributed by atoms with van der Waals surface area (Å²) >= 11 is 7.72. The fourth-order valence-electron chi connectivity index (χ4n) is 7.22. The van der Waals surface area contributed by atoms with Crippen LogP contribution >= 0.6 is 22.9 Å². The van der Waals surface area contributed by atoms with Crippen molar-refractivity contribution in [2.24, 2.45) is 17.3 Å². The van der Waals surface area contributed by atoms with Crippen molar-refractivity contribution < 1.29 is 17.9 Å². The molecule has 2 saturated carbocycles. The lowest BCUT2D eigenvalue weighted by Crippen LogP contribution is -2.34. The van der Waals surface area contributed by atoms with Crippen LogP contribution in [-0.4, -0.2) is 58.8 Å². The van der Waals surface area contributed by atoms with Gasteiger partial charge in [-0.3, -0.25) is 0 Å². The van der Waals surface area contributed by atoms with E-state index in [2.05, 4.69) is 25.2 Å². The second-order valence-electron chi connectivity index (χ2n) is 13.6. The average Bonchev–Trinajstić information content (AvgIpc) is 3.85. The number of nitrogens with zero attached hydrogens (tertiary/aromatic N) is 5. The molecular weight excluding hydrogens is 673 g/mol. The normalized spacial score (nSPS) is 21.4. The molecule has 1 aliphatic heterocycles. The van der Waals surface area contributed by atoms with Crippen molar-refractivity contribution in [1.82, 2.24) is 19.9 Å². The number of pyridine rings is 1. The van der Waals surface area contributed by atoms with E-state index in [1.54, 1.807) is 12.3 Å². The van der Waals surface area contributed by atoms with E-state index in [9.17, 15) is 14.0 Å². The molecule has 0 bridgehead atoms. The van der Waals surface area contributed by atoms with E-state index in [0.717, 1.165) is 49.4 Å².